The Balaban J connectivity index is 2.73. The van der Waals surface area contributed by atoms with Crippen molar-refractivity contribution in [3.63, 3.8) is 0 Å². The lowest BCUT2D eigenvalue weighted by Crippen LogP contribution is -2.11. The molecule has 0 amide bonds. The number of rotatable bonds is 3. The molecule has 0 atom stereocenters. The molecule has 0 saturated carbocycles. The summed E-state index contributed by atoms with van der Waals surface area (Å²) in [7, 11) is 0. The van der Waals surface area contributed by atoms with Crippen LogP contribution in [0.5, 0.6) is 5.88 Å². The van der Waals surface area contributed by atoms with Crippen LogP contribution in [0.2, 0.25) is 0 Å². The number of nitrogens with zero attached hydrogens (tertiary/aromatic N) is 2. The number of aromatic nitrogens is 2. The van der Waals surface area contributed by atoms with Gasteiger partial charge in [-0.05, 0) is 6.07 Å². The van der Waals surface area contributed by atoms with E-state index < -0.39 is 16.2 Å². The number of nitro benzene ring substituents is 1. The van der Waals surface area contributed by atoms with Crippen LogP contribution in [0.3, 0.4) is 0 Å². The number of carbonyl (C=O) groups excluding carboxylic acids is 1. The molecule has 0 aliphatic rings. The summed E-state index contributed by atoms with van der Waals surface area (Å²) < 4.78 is 4.34. The number of ether oxygens (including phenoxy) is 1. The molecule has 86 valence electrons. The summed E-state index contributed by atoms with van der Waals surface area (Å²) in [5, 5.41) is 16.6. The van der Waals surface area contributed by atoms with Crippen LogP contribution < -0.4 is 10.2 Å². The molecule has 0 aliphatic heterocycles. The molecule has 0 saturated heterocycles. The van der Waals surface area contributed by atoms with E-state index in [1.54, 1.807) is 0 Å². The number of aromatic amines is 1. The number of H-pyrrole nitrogens is 1. The second kappa shape index (κ2) is 4.00. The number of hydrogen-bond acceptors (Lipinski definition) is 6. The zero-order chi connectivity index (χ0) is 12.4. The average molecular weight is 235 g/mol. The molecule has 1 aromatic carbocycles. The monoisotopic (exact) mass is 235 g/mol. The van der Waals surface area contributed by atoms with Crippen molar-refractivity contribution in [1.29, 1.82) is 0 Å². The van der Waals surface area contributed by atoms with E-state index in [2.05, 4.69) is 14.9 Å². The number of fused-ring (bicyclic) bond motifs is 1. The maximum absolute atomic E-state index is 11.7. The van der Waals surface area contributed by atoms with Crippen molar-refractivity contribution >= 4 is 23.1 Å². The molecule has 8 heteroatoms. The van der Waals surface area contributed by atoms with E-state index in [4.69, 9.17) is 0 Å². The van der Waals surface area contributed by atoms with Crippen LogP contribution in [-0.2, 0) is 4.79 Å². The molecule has 0 bridgehead atoms. The fraction of sp³-hybridized carbons (Fsp3) is 0. The first-order valence-corrected chi connectivity index (χ1v) is 4.40. The summed E-state index contributed by atoms with van der Waals surface area (Å²) in [4.78, 5) is 31.8. The molecule has 0 spiro atoms. The Morgan fingerprint density at radius 3 is 2.88 bits per heavy atom. The van der Waals surface area contributed by atoms with Gasteiger partial charge in [-0.15, -0.1) is 5.10 Å². The molecule has 0 unspecified atom stereocenters. The topological polar surface area (TPSA) is 115 Å². The van der Waals surface area contributed by atoms with Crippen molar-refractivity contribution in [2.75, 3.05) is 0 Å². The van der Waals surface area contributed by atoms with Crippen molar-refractivity contribution in [3.05, 3.63) is 38.5 Å². The van der Waals surface area contributed by atoms with Gasteiger partial charge in [-0.2, -0.15) is 0 Å². The van der Waals surface area contributed by atoms with Gasteiger partial charge in [-0.1, -0.05) is 0 Å². The van der Waals surface area contributed by atoms with Crippen LogP contribution >= 0.6 is 0 Å². The highest BCUT2D eigenvalue weighted by Gasteiger charge is 2.12. The van der Waals surface area contributed by atoms with Gasteiger partial charge in [0.1, 0.15) is 0 Å². The SMILES string of the molecule is O=COc1n[nH]c2ccc([N+](=O)[O-])cc2c1=O. The van der Waals surface area contributed by atoms with E-state index in [1.165, 1.54) is 12.1 Å². The van der Waals surface area contributed by atoms with Crippen LogP contribution in [0, 0.1) is 10.1 Å². The van der Waals surface area contributed by atoms with Gasteiger partial charge >= 0.3 is 0 Å². The van der Waals surface area contributed by atoms with E-state index in [0.29, 0.717) is 5.52 Å². The summed E-state index contributed by atoms with van der Waals surface area (Å²) in [6, 6.07) is 3.68. The largest absolute Gasteiger partial charge is 0.404 e. The highest BCUT2D eigenvalue weighted by atomic mass is 16.6. The molecule has 17 heavy (non-hydrogen) atoms. The molecular formula is C9H5N3O5. The third-order valence-electron chi connectivity index (χ3n) is 2.09. The minimum Gasteiger partial charge on any atom is -0.404 e. The second-order valence-corrected chi connectivity index (χ2v) is 3.06. The van der Waals surface area contributed by atoms with Gasteiger partial charge in [0.15, 0.2) is 0 Å². The van der Waals surface area contributed by atoms with E-state index in [-0.39, 0.29) is 17.5 Å². The van der Waals surface area contributed by atoms with E-state index in [9.17, 15) is 19.7 Å². The van der Waals surface area contributed by atoms with Gasteiger partial charge in [-0.25, -0.2) is 0 Å². The first-order valence-electron chi connectivity index (χ1n) is 4.40. The predicted octanol–water partition coefficient (Wildman–Crippen LogP) is 0.366. The minimum absolute atomic E-state index is 0.0334. The van der Waals surface area contributed by atoms with Crippen molar-refractivity contribution in [2.45, 2.75) is 0 Å². The summed E-state index contributed by atoms with van der Waals surface area (Å²) >= 11 is 0. The van der Waals surface area contributed by atoms with Gasteiger partial charge in [0, 0.05) is 12.1 Å². The number of carbonyl (C=O) groups is 1. The molecule has 8 nitrogen and oxygen atoms in total. The molecule has 1 N–H and O–H groups in total. The quantitative estimate of drug-likeness (QED) is 0.466. The van der Waals surface area contributed by atoms with E-state index in [0.717, 1.165) is 6.07 Å². The van der Waals surface area contributed by atoms with E-state index >= 15 is 0 Å². The third-order valence-corrected chi connectivity index (χ3v) is 2.09. The summed E-state index contributed by atoms with van der Waals surface area (Å²) in [5.41, 5.74) is -0.598. The number of benzene rings is 1. The first-order chi connectivity index (χ1) is 8.13. The lowest BCUT2D eigenvalue weighted by atomic mass is 10.2. The Kier molecular flexibility index (Phi) is 2.53. The Morgan fingerprint density at radius 1 is 1.47 bits per heavy atom. The summed E-state index contributed by atoms with van der Waals surface area (Å²) in [6.07, 6.45) is 0. The van der Waals surface area contributed by atoms with Crippen LogP contribution in [0.25, 0.3) is 10.9 Å². The zero-order valence-corrected chi connectivity index (χ0v) is 8.25. The Bertz CT molecular complexity index is 663. The molecule has 1 aromatic heterocycles. The van der Waals surface area contributed by atoms with Crippen molar-refractivity contribution in [1.82, 2.24) is 10.2 Å². The van der Waals surface area contributed by atoms with Gasteiger partial charge in [-0.3, -0.25) is 24.8 Å². The third kappa shape index (κ3) is 1.83. The van der Waals surface area contributed by atoms with Crippen LogP contribution in [0.4, 0.5) is 5.69 Å². The number of nitro groups is 1. The van der Waals surface area contributed by atoms with Gasteiger partial charge < -0.3 is 4.74 Å². The minimum atomic E-state index is -0.686. The number of non-ortho nitro benzene ring substituents is 1. The molecule has 2 aromatic rings. The van der Waals surface area contributed by atoms with Crippen molar-refractivity contribution in [3.8, 4) is 5.88 Å². The normalized spacial score (nSPS) is 10.1. The first kappa shape index (κ1) is 10.7. The Hall–Kier alpha value is -2.77. The highest BCUT2D eigenvalue weighted by Crippen LogP contribution is 2.17. The zero-order valence-electron chi connectivity index (χ0n) is 8.25. The molecule has 0 radical (unpaired) electrons. The number of hydrogen-bond donors (Lipinski definition) is 1. The molecule has 1 heterocycles. The predicted molar refractivity (Wildman–Crippen MR) is 55.7 cm³/mol. The summed E-state index contributed by atoms with van der Waals surface area (Å²) in [6.45, 7) is 0.0563. The average Bonchev–Trinajstić information content (AvgIpc) is 2.32. The molecule has 0 aliphatic carbocycles. The van der Waals surface area contributed by atoms with Crippen LogP contribution in [0.15, 0.2) is 23.0 Å². The lowest BCUT2D eigenvalue weighted by Gasteiger charge is -1.99. The van der Waals surface area contributed by atoms with Gasteiger partial charge in [0.2, 0.25) is 0 Å². The second-order valence-electron chi connectivity index (χ2n) is 3.06. The Morgan fingerprint density at radius 2 is 2.24 bits per heavy atom. The fourth-order valence-electron chi connectivity index (χ4n) is 1.33. The highest BCUT2D eigenvalue weighted by molar-refractivity contribution is 5.81. The fourth-order valence-corrected chi connectivity index (χ4v) is 1.33. The maximum Gasteiger partial charge on any atom is 0.300 e. The Labute approximate surface area is 93.0 Å². The maximum atomic E-state index is 11.7. The molecule has 2 rings (SSSR count). The van der Waals surface area contributed by atoms with Crippen LogP contribution in [-0.4, -0.2) is 21.6 Å². The lowest BCUT2D eigenvalue weighted by molar-refractivity contribution is -0.384. The van der Waals surface area contributed by atoms with Crippen molar-refractivity contribution < 1.29 is 14.5 Å². The van der Waals surface area contributed by atoms with E-state index in [1.807, 2.05) is 0 Å². The molecular weight excluding hydrogens is 230 g/mol. The molecule has 0 fully saturated rings. The van der Waals surface area contributed by atoms with Crippen LogP contribution in [0.1, 0.15) is 0 Å². The van der Waals surface area contributed by atoms with Gasteiger partial charge in [0.25, 0.3) is 23.5 Å². The number of nitrogens with one attached hydrogen (secondary N) is 1. The summed E-state index contributed by atoms with van der Waals surface area (Å²) in [5.74, 6) is -0.451. The van der Waals surface area contributed by atoms with Crippen molar-refractivity contribution in [2.24, 2.45) is 0 Å². The smallest absolute Gasteiger partial charge is 0.300 e. The standard InChI is InChI=1S/C9H5N3O5/c13-4-17-9-8(14)6-3-5(12(15)16)1-2-7(6)10-11-9/h1-4H,(H,10,14). The van der Waals surface area contributed by atoms with Gasteiger partial charge in [0.05, 0.1) is 15.8 Å².